The van der Waals surface area contributed by atoms with Gasteiger partial charge in [0.05, 0.1) is 12.1 Å². The van der Waals surface area contributed by atoms with Gasteiger partial charge in [0.2, 0.25) is 0 Å². The Hall–Kier alpha value is -3.62. The van der Waals surface area contributed by atoms with Gasteiger partial charge in [-0.3, -0.25) is 9.59 Å². The molecule has 2 amide bonds. The van der Waals surface area contributed by atoms with Crippen molar-refractivity contribution in [3.05, 3.63) is 106 Å². The molecule has 2 atom stereocenters. The first kappa shape index (κ1) is 33.3. The van der Waals surface area contributed by atoms with Crippen LogP contribution in [0.4, 0.5) is 8.78 Å². The number of carbonyl (C=O) groups is 2. The van der Waals surface area contributed by atoms with Gasteiger partial charge >= 0.3 is 0 Å². The van der Waals surface area contributed by atoms with Crippen molar-refractivity contribution in [3.63, 3.8) is 0 Å². The molecule has 0 heterocycles. The van der Waals surface area contributed by atoms with E-state index < -0.39 is 29.7 Å². The minimum absolute atomic E-state index is 0.0114. The maximum Gasteiger partial charge on any atom is 0.254 e. The molecule has 1 aliphatic rings. The summed E-state index contributed by atoms with van der Waals surface area (Å²) in [5.74, 6) is -2.03. The molecule has 44 heavy (non-hydrogen) atoms. The van der Waals surface area contributed by atoms with Crippen LogP contribution in [0, 0.1) is 18.6 Å². The summed E-state index contributed by atoms with van der Waals surface area (Å²) in [6, 6.07) is 15.8. The standard InChI is InChI=1S/C36H45F2N3O3/c1-4-25-10-9-11-26(16-25)22-39-23-34(42)33(19-27-17-30(37)21-31(38)18-27)40-35(43)28-14-24(3)15-29(20-28)36(44)41(5-2)32-12-7-6-8-13-32/h9-11,14-18,20-21,32-34,39,42H,4-8,12-13,19,22-23H2,1-3H3,(H,40,43)/t33-,34+/m0/s1. The van der Waals surface area contributed by atoms with Gasteiger partial charge in [0.25, 0.3) is 11.8 Å². The van der Waals surface area contributed by atoms with E-state index in [-0.39, 0.29) is 24.9 Å². The van der Waals surface area contributed by atoms with Crippen LogP contribution in [-0.2, 0) is 19.4 Å². The SMILES string of the molecule is CCc1cccc(CNC[C@@H](O)[C@H](Cc2cc(F)cc(F)c2)NC(=O)c2cc(C)cc(C(=O)N(CC)C3CCCCC3)c2)c1. The molecule has 3 aromatic carbocycles. The van der Waals surface area contributed by atoms with Crippen molar-refractivity contribution < 1.29 is 23.5 Å². The predicted octanol–water partition coefficient (Wildman–Crippen LogP) is 6.12. The maximum atomic E-state index is 14.0. The zero-order valence-corrected chi connectivity index (χ0v) is 26.0. The highest BCUT2D eigenvalue weighted by Crippen LogP contribution is 2.25. The topological polar surface area (TPSA) is 81.7 Å². The van der Waals surface area contributed by atoms with Gasteiger partial charge in [-0.05, 0) is 92.1 Å². The van der Waals surface area contributed by atoms with Gasteiger partial charge in [0, 0.05) is 42.9 Å². The monoisotopic (exact) mass is 605 g/mol. The fourth-order valence-corrected chi connectivity index (χ4v) is 6.15. The van der Waals surface area contributed by atoms with E-state index in [1.165, 1.54) is 24.1 Å². The normalized spacial score (nSPS) is 15.0. The van der Waals surface area contributed by atoms with E-state index in [0.717, 1.165) is 49.3 Å². The number of carbonyl (C=O) groups excluding carboxylic acids is 2. The molecule has 0 spiro atoms. The van der Waals surface area contributed by atoms with Crippen LogP contribution in [0.5, 0.6) is 0 Å². The van der Waals surface area contributed by atoms with E-state index in [9.17, 15) is 23.5 Å². The Bertz CT molecular complexity index is 1400. The van der Waals surface area contributed by atoms with Gasteiger partial charge in [-0.25, -0.2) is 8.78 Å². The molecule has 1 aliphatic carbocycles. The summed E-state index contributed by atoms with van der Waals surface area (Å²) in [6.07, 6.45) is 5.23. The van der Waals surface area contributed by atoms with E-state index in [2.05, 4.69) is 29.7 Å². The van der Waals surface area contributed by atoms with Gasteiger partial charge in [-0.2, -0.15) is 0 Å². The highest BCUT2D eigenvalue weighted by molar-refractivity contribution is 6.00. The lowest BCUT2D eigenvalue weighted by Crippen LogP contribution is -2.48. The molecule has 0 aliphatic heterocycles. The first-order valence-electron chi connectivity index (χ1n) is 15.8. The van der Waals surface area contributed by atoms with E-state index in [1.807, 2.05) is 30.9 Å². The number of hydrogen-bond donors (Lipinski definition) is 3. The molecule has 8 heteroatoms. The third kappa shape index (κ3) is 9.19. The smallest absolute Gasteiger partial charge is 0.254 e. The Kier molecular flexibility index (Phi) is 12.0. The fourth-order valence-electron chi connectivity index (χ4n) is 6.15. The highest BCUT2D eigenvalue weighted by Gasteiger charge is 2.27. The number of aryl methyl sites for hydroxylation is 2. The summed E-state index contributed by atoms with van der Waals surface area (Å²) in [5, 5.41) is 17.3. The summed E-state index contributed by atoms with van der Waals surface area (Å²) >= 11 is 0. The van der Waals surface area contributed by atoms with Gasteiger partial charge in [0.15, 0.2) is 0 Å². The van der Waals surface area contributed by atoms with Crippen molar-refractivity contribution in [1.29, 1.82) is 0 Å². The summed E-state index contributed by atoms with van der Waals surface area (Å²) in [7, 11) is 0. The molecular formula is C36H45F2N3O3. The van der Waals surface area contributed by atoms with Crippen molar-refractivity contribution >= 4 is 11.8 Å². The molecule has 4 rings (SSSR count). The summed E-state index contributed by atoms with van der Waals surface area (Å²) in [6.45, 7) is 7.15. The first-order chi connectivity index (χ1) is 21.2. The van der Waals surface area contributed by atoms with Crippen LogP contribution in [0.1, 0.15) is 88.9 Å². The molecule has 3 N–H and O–H groups in total. The van der Waals surface area contributed by atoms with Crippen molar-refractivity contribution in [3.8, 4) is 0 Å². The molecule has 6 nitrogen and oxygen atoms in total. The molecule has 0 unspecified atom stereocenters. The Morgan fingerprint density at radius 3 is 2.27 bits per heavy atom. The van der Waals surface area contributed by atoms with E-state index in [4.69, 9.17) is 0 Å². The number of halogens is 2. The maximum absolute atomic E-state index is 14.0. The summed E-state index contributed by atoms with van der Waals surface area (Å²) in [4.78, 5) is 29.1. The van der Waals surface area contributed by atoms with Crippen molar-refractivity contribution in [2.45, 2.75) is 90.4 Å². The zero-order valence-electron chi connectivity index (χ0n) is 26.0. The average Bonchev–Trinajstić information content (AvgIpc) is 3.00. The van der Waals surface area contributed by atoms with E-state index in [1.54, 1.807) is 18.2 Å². The quantitative estimate of drug-likeness (QED) is 0.219. The lowest BCUT2D eigenvalue weighted by atomic mass is 9.93. The number of aliphatic hydroxyl groups is 1. The number of benzene rings is 3. The molecule has 0 aromatic heterocycles. The van der Waals surface area contributed by atoms with Gasteiger partial charge in [-0.15, -0.1) is 0 Å². The molecular weight excluding hydrogens is 560 g/mol. The van der Waals surface area contributed by atoms with Crippen molar-refractivity contribution in [2.24, 2.45) is 0 Å². The number of amides is 2. The molecule has 0 radical (unpaired) electrons. The van der Waals surface area contributed by atoms with Crippen LogP contribution in [-0.4, -0.2) is 53.1 Å². The second-order valence-electron chi connectivity index (χ2n) is 11.9. The molecule has 3 aromatic rings. The van der Waals surface area contributed by atoms with Crippen LogP contribution >= 0.6 is 0 Å². The van der Waals surface area contributed by atoms with Gasteiger partial charge in [0.1, 0.15) is 11.6 Å². The van der Waals surface area contributed by atoms with Crippen LogP contribution in [0.15, 0.2) is 60.7 Å². The Morgan fingerprint density at radius 1 is 0.909 bits per heavy atom. The van der Waals surface area contributed by atoms with Crippen LogP contribution in [0.2, 0.25) is 0 Å². The van der Waals surface area contributed by atoms with Crippen molar-refractivity contribution in [2.75, 3.05) is 13.1 Å². The average molecular weight is 606 g/mol. The number of rotatable bonds is 13. The molecule has 0 saturated heterocycles. The summed E-state index contributed by atoms with van der Waals surface area (Å²) in [5.41, 5.74) is 4.09. The highest BCUT2D eigenvalue weighted by atomic mass is 19.1. The van der Waals surface area contributed by atoms with Crippen LogP contribution < -0.4 is 10.6 Å². The third-order valence-electron chi connectivity index (χ3n) is 8.44. The lowest BCUT2D eigenvalue weighted by Gasteiger charge is -2.33. The number of nitrogens with zero attached hydrogens (tertiary/aromatic N) is 1. The number of hydrogen-bond acceptors (Lipinski definition) is 4. The van der Waals surface area contributed by atoms with Gasteiger partial charge < -0.3 is 20.6 Å². The molecule has 236 valence electrons. The van der Waals surface area contributed by atoms with Crippen LogP contribution in [0.3, 0.4) is 0 Å². The molecule has 1 saturated carbocycles. The number of nitrogens with one attached hydrogen (secondary N) is 2. The second-order valence-corrected chi connectivity index (χ2v) is 11.9. The fraction of sp³-hybridized carbons (Fsp3) is 0.444. The van der Waals surface area contributed by atoms with E-state index in [0.29, 0.717) is 29.8 Å². The second kappa shape index (κ2) is 15.9. The largest absolute Gasteiger partial charge is 0.390 e. The zero-order chi connectivity index (χ0) is 31.6. The minimum Gasteiger partial charge on any atom is -0.390 e. The third-order valence-corrected chi connectivity index (χ3v) is 8.44. The molecule has 1 fully saturated rings. The lowest BCUT2D eigenvalue weighted by molar-refractivity contribution is 0.0647. The van der Waals surface area contributed by atoms with E-state index >= 15 is 0 Å². The first-order valence-corrected chi connectivity index (χ1v) is 15.8. The summed E-state index contributed by atoms with van der Waals surface area (Å²) < 4.78 is 28.0. The van der Waals surface area contributed by atoms with Crippen LogP contribution in [0.25, 0.3) is 0 Å². The Labute approximate surface area is 259 Å². The van der Waals surface area contributed by atoms with Crippen molar-refractivity contribution in [1.82, 2.24) is 15.5 Å². The Balaban J connectivity index is 1.51. The number of aliphatic hydroxyl groups excluding tert-OH is 1. The van der Waals surface area contributed by atoms with Gasteiger partial charge in [-0.1, -0.05) is 50.5 Å². The predicted molar refractivity (Wildman–Crippen MR) is 170 cm³/mol. The Morgan fingerprint density at radius 2 is 1.59 bits per heavy atom. The minimum atomic E-state index is -1.06. The molecule has 0 bridgehead atoms.